The van der Waals surface area contributed by atoms with Gasteiger partial charge in [-0.2, -0.15) is 0 Å². The van der Waals surface area contributed by atoms with E-state index in [0.717, 1.165) is 0 Å². The van der Waals surface area contributed by atoms with Gasteiger partial charge in [0.25, 0.3) is 0 Å². The zero-order valence-corrected chi connectivity index (χ0v) is 14.1. The lowest BCUT2D eigenvalue weighted by molar-refractivity contribution is -0.114. The Labute approximate surface area is 143 Å². The van der Waals surface area contributed by atoms with E-state index >= 15 is 0 Å². The second-order valence-corrected chi connectivity index (χ2v) is 6.32. The van der Waals surface area contributed by atoms with Gasteiger partial charge in [0.15, 0.2) is 5.78 Å². The van der Waals surface area contributed by atoms with Crippen LogP contribution in [-0.4, -0.2) is 17.4 Å². The zero-order chi connectivity index (χ0) is 16.1. The number of thioether (sulfide) groups is 1. The number of ketones is 1. The predicted molar refractivity (Wildman–Crippen MR) is 92.3 cm³/mol. The number of carbonyl (C=O) groups excluding carboxylic acids is 2. The van der Waals surface area contributed by atoms with Crippen molar-refractivity contribution in [1.29, 1.82) is 0 Å². The topological polar surface area (TPSA) is 46.2 Å². The molecule has 0 unspecified atom stereocenters. The summed E-state index contributed by atoms with van der Waals surface area (Å²) in [7, 11) is 0. The number of anilines is 1. The maximum absolute atomic E-state index is 12.2. The summed E-state index contributed by atoms with van der Waals surface area (Å²) in [5.41, 5.74) is 1.23. The fourth-order valence-electron chi connectivity index (χ4n) is 1.78. The Morgan fingerprint density at radius 3 is 2.18 bits per heavy atom. The molecule has 0 saturated heterocycles. The first-order valence-electron chi connectivity index (χ1n) is 6.45. The van der Waals surface area contributed by atoms with E-state index in [-0.39, 0.29) is 17.4 Å². The van der Waals surface area contributed by atoms with Crippen molar-refractivity contribution in [3.05, 3.63) is 58.1 Å². The average molecular weight is 354 g/mol. The molecule has 0 aliphatic heterocycles. The van der Waals surface area contributed by atoms with Gasteiger partial charge in [-0.1, -0.05) is 29.3 Å². The summed E-state index contributed by atoms with van der Waals surface area (Å²) >= 11 is 13.5. The van der Waals surface area contributed by atoms with Crippen LogP contribution in [0.15, 0.2) is 47.4 Å². The fourth-order valence-corrected chi connectivity index (χ4v) is 3.36. The lowest BCUT2D eigenvalue weighted by Gasteiger charge is -2.07. The highest BCUT2D eigenvalue weighted by atomic mass is 35.5. The van der Waals surface area contributed by atoms with Gasteiger partial charge in [0, 0.05) is 23.1 Å². The van der Waals surface area contributed by atoms with Gasteiger partial charge in [-0.15, -0.1) is 11.8 Å². The quantitative estimate of drug-likeness (QED) is 0.612. The van der Waals surface area contributed by atoms with Gasteiger partial charge in [0.1, 0.15) is 0 Å². The minimum atomic E-state index is -0.150. The van der Waals surface area contributed by atoms with Crippen molar-refractivity contribution >= 4 is 52.3 Å². The van der Waals surface area contributed by atoms with Crippen LogP contribution >= 0.6 is 35.0 Å². The molecule has 0 radical (unpaired) electrons. The van der Waals surface area contributed by atoms with Crippen molar-refractivity contribution in [3.8, 4) is 0 Å². The Balaban J connectivity index is 2.02. The number of amides is 1. The van der Waals surface area contributed by atoms with Gasteiger partial charge in [0.05, 0.1) is 15.8 Å². The van der Waals surface area contributed by atoms with Crippen molar-refractivity contribution in [2.75, 3.05) is 11.1 Å². The number of halogens is 2. The minimum Gasteiger partial charge on any atom is -0.326 e. The van der Waals surface area contributed by atoms with Gasteiger partial charge in [-0.3, -0.25) is 9.59 Å². The van der Waals surface area contributed by atoms with Crippen LogP contribution in [0.3, 0.4) is 0 Å². The lowest BCUT2D eigenvalue weighted by Crippen LogP contribution is -2.07. The van der Waals surface area contributed by atoms with Gasteiger partial charge < -0.3 is 5.32 Å². The van der Waals surface area contributed by atoms with Gasteiger partial charge in [-0.25, -0.2) is 0 Å². The molecule has 1 amide bonds. The van der Waals surface area contributed by atoms with Gasteiger partial charge in [0.2, 0.25) is 5.91 Å². The first kappa shape index (κ1) is 16.9. The molecule has 2 aromatic rings. The number of Topliss-reactive ketones (excluding diaryl/α,β-unsaturated/α-hetero) is 1. The van der Waals surface area contributed by atoms with Crippen LogP contribution in [-0.2, 0) is 4.79 Å². The first-order chi connectivity index (χ1) is 10.5. The third-order valence-corrected chi connectivity index (χ3v) is 4.78. The molecule has 0 fully saturated rings. The summed E-state index contributed by atoms with van der Waals surface area (Å²) in [6.07, 6.45) is 0. The molecule has 0 spiro atoms. The molecule has 0 aromatic heterocycles. The first-order valence-corrected chi connectivity index (χ1v) is 8.19. The summed E-state index contributed by atoms with van der Waals surface area (Å²) in [6, 6.07) is 12.0. The van der Waals surface area contributed by atoms with Gasteiger partial charge in [-0.05, 0) is 36.4 Å². The molecule has 2 aromatic carbocycles. The molecule has 6 heteroatoms. The Bertz CT molecular complexity index is 682. The van der Waals surface area contributed by atoms with Crippen LogP contribution in [0.1, 0.15) is 17.3 Å². The van der Waals surface area contributed by atoms with E-state index in [0.29, 0.717) is 26.2 Å². The molecule has 0 aliphatic carbocycles. The molecule has 114 valence electrons. The number of nitrogens with one attached hydrogen (secondary N) is 1. The highest BCUT2D eigenvalue weighted by molar-refractivity contribution is 8.00. The van der Waals surface area contributed by atoms with E-state index in [4.69, 9.17) is 23.2 Å². The molecular weight excluding hydrogens is 341 g/mol. The van der Waals surface area contributed by atoms with E-state index < -0.39 is 0 Å². The lowest BCUT2D eigenvalue weighted by atomic mass is 10.1. The minimum absolute atomic E-state index is 0.0321. The van der Waals surface area contributed by atoms with Crippen molar-refractivity contribution in [3.63, 3.8) is 0 Å². The number of hydrogen-bond donors (Lipinski definition) is 1. The molecule has 0 bridgehead atoms. The molecule has 2 rings (SSSR count). The highest BCUT2D eigenvalue weighted by Gasteiger charge is 2.11. The molecule has 3 nitrogen and oxygen atoms in total. The van der Waals surface area contributed by atoms with Crippen molar-refractivity contribution < 1.29 is 9.59 Å². The summed E-state index contributed by atoms with van der Waals surface area (Å²) in [4.78, 5) is 23.8. The monoisotopic (exact) mass is 353 g/mol. The number of rotatable bonds is 5. The summed E-state index contributed by atoms with van der Waals surface area (Å²) < 4.78 is 0. The SMILES string of the molecule is CC(=O)Nc1ccc(C(=O)CSc2c(Cl)cccc2Cl)cc1. The molecule has 0 atom stereocenters. The maximum Gasteiger partial charge on any atom is 0.221 e. The molecule has 0 heterocycles. The molecule has 0 aliphatic rings. The Morgan fingerprint density at radius 1 is 1.05 bits per heavy atom. The van der Waals surface area contributed by atoms with E-state index in [2.05, 4.69) is 5.32 Å². The molecular formula is C16H13Cl2NO2S. The van der Waals surface area contributed by atoms with Crippen molar-refractivity contribution in [2.45, 2.75) is 11.8 Å². The normalized spacial score (nSPS) is 10.3. The van der Waals surface area contributed by atoms with E-state index in [1.165, 1.54) is 18.7 Å². The van der Waals surface area contributed by atoms with Crippen LogP contribution in [0.25, 0.3) is 0 Å². The predicted octanol–water partition coefficient (Wildman–Crippen LogP) is 4.93. The van der Waals surface area contributed by atoms with E-state index in [1.807, 2.05) is 0 Å². The molecule has 1 N–H and O–H groups in total. The fraction of sp³-hybridized carbons (Fsp3) is 0.125. The largest absolute Gasteiger partial charge is 0.326 e. The Morgan fingerprint density at radius 2 is 1.64 bits per heavy atom. The number of hydrogen-bond acceptors (Lipinski definition) is 3. The third-order valence-electron chi connectivity index (χ3n) is 2.79. The van der Waals surface area contributed by atoms with E-state index in [9.17, 15) is 9.59 Å². The number of carbonyl (C=O) groups is 2. The second kappa shape index (κ2) is 7.68. The van der Waals surface area contributed by atoms with Crippen LogP contribution < -0.4 is 5.32 Å². The molecule has 22 heavy (non-hydrogen) atoms. The summed E-state index contributed by atoms with van der Waals surface area (Å²) in [5.74, 6) is 0.0569. The second-order valence-electron chi connectivity index (χ2n) is 4.52. The average Bonchev–Trinajstić information content (AvgIpc) is 2.46. The van der Waals surface area contributed by atoms with E-state index in [1.54, 1.807) is 42.5 Å². The third kappa shape index (κ3) is 4.50. The standard InChI is InChI=1S/C16H13Cl2NO2S/c1-10(20)19-12-7-5-11(6-8-12)15(21)9-22-16-13(17)3-2-4-14(16)18/h2-8H,9H2,1H3,(H,19,20). The summed E-state index contributed by atoms with van der Waals surface area (Å²) in [6.45, 7) is 1.43. The van der Waals surface area contributed by atoms with Crippen LogP contribution in [0, 0.1) is 0 Å². The van der Waals surface area contributed by atoms with Crippen molar-refractivity contribution in [1.82, 2.24) is 0 Å². The van der Waals surface area contributed by atoms with Crippen molar-refractivity contribution in [2.24, 2.45) is 0 Å². The zero-order valence-electron chi connectivity index (χ0n) is 11.7. The highest BCUT2D eigenvalue weighted by Crippen LogP contribution is 2.34. The molecule has 0 saturated carbocycles. The maximum atomic E-state index is 12.2. The smallest absolute Gasteiger partial charge is 0.221 e. The van der Waals surface area contributed by atoms with Crippen LogP contribution in [0.5, 0.6) is 0 Å². The van der Waals surface area contributed by atoms with Crippen LogP contribution in [0.2, 0.25) is 10.0 Å². The number of benzene rings is 2. The Kier molecular flexibility index (Phi) is 5.89. The van der Waals surface area contributed by atoms with Gasteiger partial charge >= 0.3 is 0 Å². The Hall–Kier alpha value is -1.49. The van der Waals surface area contributed by atoms with Crippen LogP contribution in [0.4, 0.5) is 5.69 Å². The summed E-state index contributed by atoms with van der Waals surface area (Å²) in [5, 5.41) is 3.72.